The Hall–Kier alpha value is -2.01. The zero-order chi connectivity index (χ0) is 23.4. The molecule has 3 aromatic rings. The minimum absolute atomic E-state index is 0.0920. The third-order valence-corrected chi connectivity index (χ3v) is 6.49. The summed E-state index contributed by atoms with van der Waals surface area (Å²) in [7, 11) is 0. The van der Waals surface area contributed by atoms with Crippen molar-refractivity contribution in [1.82, 2.24) is 9.97 Å². The van der Waals surface area contributed by atoms with E-state index in [0.29, 0.717) is 39.2 Å². The Balaban J connectivity index is 1.83. The van der Waals surface area contributed by atoms with Crippen LogP contribution in [0.2, 0.25) is 15.1 Å². The summed E-state index contributed by atoms with van der Waals surface area (Å²) in [5.41, 5.74) is 2.96. The molecule has 7 heteroatoms. The lowest BCUT2D eigenvalue weighted by Crippen LogP contribution is -2.17. The molecular formula is C26H27Cl3N2O2. The Kier molecular flexibility index (Phi) is 8.00. The van der Waals surface area contributed by atoms with Crippen molar-refractivity contribution in [3.63, 3.8) is 0 Å². The fourth-order valence-electron chi connectivity index (χ4n) is 4.09. The normalized spacial score (nSPS) is 14.5. The fourth-order valence-corrected chi connectivity index (χ4v) is 4.72. The molecule has 0 spiro atoms. The maximum atomic E-state index is 6.61. The second kappa shape index (κ2) is 10.9. The quantitative estimate of drug-likeness (QED) is 0.323. The number of ether oxygens (including phenoxy) is 2. The summed E-state index contributed by atoms with van der Waals surface area (Å²) < 4.78 is 12.3. The molecule has 1 aliphatic carbocycles. The Bertz CT molecular complexity index is 1100. The van der Waals surface area contributed by atoms with Gasteiger partial charge in [0, 0.05) is 15.6 Å². The number of halogens is 3. The Labute approximate surface area is 210 Å². The molecule has 0 unspecified atom stereocenters. The van der Waals surface area contributed by atoms with Gasteiger partial charge in [0.1, 0.15) is 0 Å². The Morgan fingerprint density at radius 1 is 0.909 bits per heavy atom. The summed E-state index contributed by atoms with van der Waals surface area (Å²) in [6.45, 7) is 4.52. The van der Waals surface area contributed by atoms with E-state index in [1.807, 2.05) is 44.2 Å². The smallest absolute Gasteiger partial charge is 0.320 e. The van der Waals surface area contributed by atoms with Crippen molar-refractivity contribution in [3.8, 4) is 34.3 Å². The molecule has 4 rings (SSSR count). The average Bonchev–Trinajstić information content (AvgIpc) is 2.78. The van der Waals surface area contributed by atoms with Crippen LogP contribution in [0.1, 0.15) is 46.0 Å². The summed E-state index contributed by atoms with van der Waals surface area (Å²) in [5.74, 6) is 0.970. The Morgan fingerprint density at radius 3 is 2.27 bits per heavy atom. The topological polar surface area (TPSA) is 44.2 Å². The van der Waals surface area contributed by atoms with Crippen molar-refractivity contribution < 1.29 is 9.47 Å². The summed E-state index contributed by atoms with van der Waals surface area (Å²) in [4.78, 5) is 9.48. The standard InChI is InChI=1S/C26H27Cl3N2O2/c1-16(2)33-25-23(18-8-10-19(27)11-9-18)24(21-13-12-20(28)14-22(21)29)30-26(31-25)32-15-17-6-4-3-5-7-17/h8-14,16-17H,3-7,15H2,1-2H3. The van der Waals surface area contributed by atoms with Gasteiger partial charge >= 0.3 is 6.01 Å². The van der Waals surface area contributed by atoms with E-state index in [0.717, 1.165) is 16.7 Å². The predicted octanol–water partition coefficient (Wildman–Crippen LogP) is 8.52. The summed E-state index contributed by atoms with van der Waals surface area (Å²) in [5, 5.41) is 1.69. The van der Waals surface area contributed by atoms with Crippen LogP contribution in [0.5, 0.6) is 11.9 Å². The van der Waals surface area contributed by atoms with Crippen LogP contribution in [0.4, 0.5) is 0 Å². The van der Waals surface area contributed by atoms with Gasteiger partial charge in [-0.05, 0) is 68.5 Å². The fraction of sp³-hybridized carbons (Fsp3) is 0.385. The highest BCUT2D eigenvalue weighted by Crippen LogP contribution is 2.42. The van der Waals surface area contributed by atoms with Gasteiger partial charge in [-0.2, -0.15) is 9.97 Å². The van der Waals surface area contributed by atoms with Crippen molar-refractivity contribution >= 4 is 34.8 Å². The first-order valence-electron chi connectivity index (χ1n) is 11.3. The maximum absolute atomic E-state index is 6.61. The second-order valence-electron chi connectivity index (χ2n) is 8.65. The predicted molar refractivity (Wildman–Crippen MR) is 136 cm³/mol. The first kappa shape index (κ1) is 24.1. The van der Waals surface area contributed by atoms with Gasteiger partial charge in [0.15, 0.2) is 0 Å². The second-order valence-corrected chi connectivity index (χ2v) is 9.93. The van der Waals surface area contributed by atoms with E-state index in [1.54, 1.807) is 12.1 Å². The van der Waals surface area contributed by atoms with Crippen LogP contribution in [0.15, 0.2) is 42.5 Å². The molecular weight excluding hydrogens is 479 g/mol. The monoisotopic (exact) mass is 504 g/mol. The number of aromatic nitrogens is 2. The molecule has 1 saturated carbocycles. The van der Waals surface area contributed by atoms with Crippen LogP contribution in [-0.4, -0.2) is 22.7 Å². The highest BCUT2D eigenvalue weighted by atomic mass is 35.5. The van der Waals surface area contributed by atoms with E-state index < -0.39 is 0 Å². The van der Waals surface area contributed by atoms with Gasteiger partial charge in [-0.25, -0.2) is 0 Å². The lowest BCUT2D eigenvalue weighted by molar-refractivity contribution is 0.189. The first-order valence-corrected chi connectivity index (χ1v) is 12.5. The molecule has 1 heterocycles. The van der Waals surface area contributed by atoms with Gasteiger partial charge in [0.05, 0.1) is 29.0 Å². The zero-order valence-electron chi connectivity index (χ0n) is 18.8. The number of benzene rings is 2. The van der Waals surface area contributed by atoms with Crippen LogP contribution in [0.3, 0.4) is 0 Å². The molecule has 0 bridgehead atoms. The van der Waals surface area contributed by atoms with E-state index >= 15 is 0 Å². The molecule has 0 saturated heterocycles. The van der Waals surface area contributed by atoms with Crippen LogP contribution in [0, 0.1) is 5.92 Å². The van der Waals surface area contributed by atoms with Gasteiger partial charge in [0.25, 0.3) is 0 Å². The molecule has 0 N–H and O–H groups in total. The number of nitrogens with zero attached hydrogens (tertiary/aromatic N) is 2. The lowest BCUT2D eigenvalue weighted by Gasteiger charge is -2.22. The van der Waals surface area contributed by atoms with E-state index in [9.17, 15) is 0 Å². The van der Waals surface area contributed by atoms with Crippen molar-refractivity contribution in [2.75, 3.05) is 6.61 Å². The summed E-state index contributed by atoms with van der Waals surface area (Å²) >= 11 is 18.9. The van der Waals surface area contributed by atoms with E-state index in [1.165, 1.54) is 32.1 Å². The number of hydrogen-bond donors (Lipinski definition) is 0. The molecule has 1 aromatic heterocycles. The minimum atomic E-state index is -0.0920. The van der Waals surface area contributed by atoms with Crippen molar-refractivity contribution in [3.05, 3.63) is 57.5 Å². The van der Waals surface area contributed by atoms with Gasteiger partial charge in [0.2, 0.25) is 5.88 Å². The largest absolute Gasteiger partial charge is 0.474 e. The third-order valence-electron chi connectivity index (χ3n) is 5.69. The van der Waals surface area contributed by atoms with E-state index in [2.05, 4.69) is 4.98 Å². The van der Waals surface area contributed by atoms with Crippen molar-refractivity contribution in [1.29, 1.82) is 0 Å². The highest BCUT2D eigenvalue weighted by Gasteiger charge is 2.23. The molecule has 33 heavy (non-hydrogen) atoms. The molecule has 2 aromatic carbocycles. The molecule has 0 aliphatic heterocycles. The van der Waals surface area contributed by atoms with Gasteiger partial charge in [-0.1, -0.05) is 66.2 Å². The molecule has 1 fully saturated rings. The van der Waals surface area contributed by atoms with E-state index in [4.69, 9.17) is 49.3 Å². The zero-order valence-corrected chi connectivity index (χ0v) is 21.1. The molecule has 1 aliphatic rings. The minimum Gasteiger partial charge on any atom is -0.474 e. The van der Waals surface area contributed by atoms with E-state index in [-0.39, 0.29) is 12.1 Å². The van der Waals surface area contributed by atoms with Crippen molar-refractivity contribution in [2.24, 2.45) is 5.92 Å². The molecule has 4 nitrogen and oxygen atoms in total. The first-order chi connectivity index (χ1) is 15.9. The molecule has 0 atom stereocenters. The maximum Gasteiger partial charge on any atom is 0.320 e. The van der Waals surface area contributed by atoms with Crippen molar-refractivity contribution in [2.45, 2.75) is 52.1 Å². The Morgan fingerprint density at radius 2 is 1.61 bits per heavy atom. The van der Waals surface area contributed by atoms with Gasteiger partial charge in [-0.3, -0.25) is 0 Å². The molecule has 0 radical (unpaired) electrons. The average molecular weight is 506 g/mol. The SMILES string of the molecule is CC(C)Oc1nc(OCC2CCCCC2)nc(-c2ccc(Cl)cc2Cl)c1-c1ccc(Cl)cc1. The number of hydrogen-bond acceptors (Lipinski definition) is 4. The third kappa shape index (κ3) is 6.11. The van der Waals surface area contributed by atoms with Crippen LogP contribution >= 0.6 is 34.8 Å². The molecule has 174 valence electrons. The van der Waals surface area contributed by atoms with Crippen LogP contribution in [-0.2, 0) is 0 Å². The van der Waals surface area contributed by atoms with Gasteiger partial charge < -0.3 is 9.47 Å². The number of rotatable bonds is 7. The van der Waals surface area contributed by atoms with Gasteiger partial charge in [-0.15, -0.1) is 0 Å². The molecule has 0 amide bonds. The lowest BCUT2D eigenvalue weighted by atomic mass is 9.90. The summed E-state index contributed by atoms with van der Waals surface area (Å²) in [6, 6.07) is 13.1. The van der Waals surface area contributed by atoms with Crippen LogP contribution in [0.25, 0.3) is 22.4 Å². The van der Waals surface area contributed by atoms with Crippen LogP contribution < -0.4 is 9.47 Å². The highest BCUT2D eigenvalue weighted by molar-refractivity contribution is 6.36. The summed E-state index contributed by atoms with van der Waals surface area (Å²) in [6.07, 6.45) is 6.05.